The van der Waals surface area contributed by atoms with Gasteiger partial charge in [-0.15, -0.1) is 0 Å². The maximum absolute atomic E-state index is 5.87. The molecule has 0 atom stereocenters. The van der Waals surface area contributed by atoms with Crippen LogP contribution in [0.1, 0.15) is 12.0 Å². The van der Waals surface area contributed by atoms with Gasteiger partial charge in [-0.1, -0.05) is 0 Å². The molecule has 0 unspecified atom stereocenters. The summed E-state index contributed by atoms with van der Waals surface area (Å²) in [4.78, 5) is 0. The second-order valence-electron chi connectivity index (χ2n) is 4.81. The summed E-state index contributed by atoms with van der Waals surface area (Å²) in [6, 6.07) is 3.80. The van der Waals surface area contributed by atoms with E-state index in [-0.39, 0.29) is 0 Å². The minimum Gasteiger partial charge on any atom is -0.490 e. The van der Waals surface area contributed by atoms with Crippen LogP contribution in [0.3, 0.4) is 0 Å². The third kappa shape index (κ3) is 2.14. The van der Waals surface area contributed by atoms with E-state index in [4.69, 9.17) is 15.2 Å². The van der Waals surface area contributed by atoms with Crippen LogP contribution in [0, 0.1) is 6.92 Å². The van der Waals surface area contributed by atoms with E-state index in [1.165, 1.54) is 0 Å². The fourth-order valence-electron chi connectivity index (χ4n) is 2.35. The van der Waals surface area contributed by atoms with Gasteiger partial charge < -0.3 is 15.2 Å². The monoisotopic (exact) mass is 337 g/mol. The molecule has 1 aromatic carbocycles. The van der Waals surface area contributed by atoms with E-state index in [1.54, 1.807) is 4.68 Å². The largest absolute Gasteiger partial charge is 0.490 e. The lowest BCUT2D eigenvalue weighted by atomic mass is 10.0. The summed E-state index contributed by atoms with van der Waals surface area (Å²) in [5, 5.41) is 4.44. The summed E-state index contributed by atoms with van der Waals surface area (Å²) in [7, 11) is 1.82. The summed E-state index contributed by atoms with van der Waals surface area (Å²) in [6.07, 6.45) is 0.887. The molecule has 2 N–H and O–H groups in total. The number of rotatable bonds is 1. The highest BCUT2D eigenvalue weighted by Gasteiger charge is 2.21. The van der Waals surface area contributed by atoms with E-state index in [0.29, 0.717) is 19.0 Å². The molecule has 106 valence electrons. The van der Waals surface area contributed by atoms with Crippen molar-refractivity contribution in [1.29, 1.82) is 0 Å². The van der Waals surface area contributed by atoms with Crippen LogP contribution in [0.2, 0.25) is 0 Å². The van der Waals surface area contributed by atoms with Gasteiger partial charge >= 0.3 is 0 Å². The lowest BCUT2D eigenvalue weighted by Crippen LogP contribution is -1.99. The van der Waals surface area contributed by atoms with Crippen molar-refractivity contribution in [3.8, 4) is 22.8 Å². The molecule has 2 heterocycles. The highest BCUT2D eigenvalue weighted by Crippen LogP contribution is 2.43. The summed E-state index contributed by atoms with van der Waals surface area (Å²) < 4.78 is 14.1. The molecule has 1 aliphatic heterocycles. The minimum atomic E-state index is 0.624. The van der Waals surface area contributed by atoms with Gasteiger partial charge in [-0.05, 0) is 28.9 Å². The molecule has 0 aliphatic carbocycles. The molecule has 20 heavy (non-hydrogen) atoms. The highest BCUT2D eigenvalue weighted by molar-refractivity contribution is 9.10. The smallest absolute Gasteiger partial charge is 0.164 e. The number of anilines is 1. The van der Waals surface area contributed by atoms with E-state index >= 15 is 0 Å². The van der Waals surface area contributed by atoms with Crippen LogP contribution in [0.4, 0.5) is 5.82 Å². The average molecular weight is 338 g/mol. The summed E-state index contributed by atoms with van der Waals surface area (Å²) >= 11 is 3.60. The maximum atomic E-state index is 5.87. The number of nitrogens with two attached hydrogens (primary N) is 1. The van der Waals surface area contributed by atoms with Crippen molar-refractivity contribution < 1.29 is 9.47 Å². The molecule has 0 spiro atoms. The zero-order chi connectivity index (χ0) is 14.3. The molecule has 1 aromatic heterocycles. The van der Waals surface area contributed by atoms with Crippen LogP contribution in [0.5, 0.6) is 11.5 Å². The lowest BCUT2D eigenvalue weighted by Gasteiger charge is -2.15. The first kappa shape index (κ1) is 13.3. The van der Waals surface area contributed by atoms with Crippen molar-refractivity contribution in [2.75, 3.05) is 18.9 Å². The Morgan fingerprint density at radius 2 is 2.05 bits per heavy atom. The second kappa shape index (κ2) is 5.01. The standard InChI is InChI=1S/C14H16BrN3O2/c1-8-13(10-7-12(16)18(2)17-10)9(15)6-11-14(8)20-5-3-4-19-11/h6-7H,3-5,16H2,1-2H3. The molecule has 3 rings (SSSR count). The van der Waals surface area contributed by atoms with Crippen LogP contribution < -0.4 is 15.2 Å². The molecule has 0 saturated heterocycles. The van der Waals surface area contributed by atoms with Gasteiger partial charge in [0.25, 0.3) is 0 Å². The number of aromatic nitrogens is 2. The Hall–Kier alpha value is -1.69. The van der Waals surface area contributed by atoms with Gasteiger partial charge in [0.1, 0.15) is 5.82 Å². The van der Waals surface area contributed by atoms with Crippen LogP contribution in [0.25, 0.3) is 11.3 Å². The van der Waals surface area contributed by atoms with Crippen LogP contribution in [-0.2, 0) is 7.05 Å². The Morgan fingerprint density at radius 1 is 1.30 bits per heavy atom. The fraction of sp³-hybridized carbons (Fsp3) is 0.357. The van der Waals surface area contributed by atoms with Gasteiger partial charge in [0.05, 0.1) is 18.9 Å². The van der Waals surface area contributed by atoms with Crippen molar-refractivity contribution in [3.63, 3.8) is 0 Å². The van der Waals surface area contributed by atoms with Gasteiger partial charge in [-0.3, -0.25) is 4.68 Å². The molecule has 0 fully saturated rings. The maximum Gasteiger partial charge on any atom is 0.164 e. The van der Waals surface area contributed by atoms with E-state index in [1.807, 2.05) is 26.1 Å². The number of benzene rings is 1. The molecule has 0 amide bonds. The summed E-state index contributed by atoms with van der Waals surface area (Å²) in [6.45, 7) is 3.35. The number of fused-ring (bicyclic) bond motifs is 1. The topological polar surface area (TPSA) is 62.3 Å². The third-order valence-electron chi connectivity index (χ3n) is 3.40. The average Bonchev–Trinajstić information content (AvgIpc) is 2.62. The van der Waals surface area contributed by atoms with Crippen LogP contribution in [-0.4, -0.2) is 23.0 Å². The first-order valence-electron chi connectivity index (χ1n) is 6.46. The predicted molar refractivity (Wildman–Crippen MR) is 81.1 cm³/mol. The first-order valence-corrected chi connectivity index (χ1v) is 7.26. The van der Waals surface area contributed by atoms with E-state index < -0.39 is 0 Å². The summed E-state index contributed by atoms with van der Waals surface area (Å²) in [5.41, 5.74) is 8.69. The molecular weight excluding hydrogens is 322 g/mol. The number of ether oxygens (including phenoxy) is 2. The Morgan fingerprint density at radius 3 is 2.75 bits per heavy atom. The summed E-state index contributed by atoms with van der Waals surface area (Å²) in [5.74, 6) is 2.20. The number of aryl methyl sites for hydroxylation is 1. The van der Waals surface area contributed by atoms with Gasteiger partial charge in [-0.2, -0.15) is 5.10 Å². The number of hydrogen-bond donors (Lipinski definition) is 1. The Kier molecular flexibility index (Phi) is 3.33. The van der Waals surface area contributed by atoms with Crippen LogP contribution in [0.15, 0.2) is 16.6 Å². The third-order valence-corrected chi connectivity index (χ3v) is 4.03. The normalized spacial score (nSPS) is 14.2. The van der Waals surface area contributed by atoms with Gasteiger partial charge in [0.2, 0.25) is 0 Å². The SMILES string of the molecule is Cc1c2c(cc(Br)c1-c1cc(N)n(C)n1)OCCCO2. The zero-order valence-electron chi connectivity index (χ0n) is 11.4. The minimum absolute atomic E-state index is 0.624. The molecular formula is C14H16BrN3O2. The van der Waals surface area contributed by atoms with Gasteiger partial charge in [-0.25, -0.2) is 0 Å². The van der Waals surface area contributed by atoms with Crippen molar-refractivity contribution in [2.45, 2.75) is 13.3 Å². The highest BCUT2D eigenvalue weighted by atomic mass is 79.9. The lowest BCUT2D eigenvalue weighted by molar-refractivity contribution is 0.296. The van der Waals surface area contributed by atoms with E-state index in [2.05, 4.69) is 21.0 Å². The quantitative estimate of drug-likeness (QED) is 0.869. The molecule has 0 saturated carbocycles. The van der Waals surface area contributed by atoms with Crippen molar-refractivity contribution in [1.82, 2.24) is 9.78 Å². The Labute approximate surface area is 125 Å². The van der Waals surface area contributed by atoms with Gasteiger partial charge in [0.15, 0.2) is 11.5 Å². The first-order chi connectivity index (χ1) is 9.58. The predicted octanol–water partition coefficient (Wildman–Crippen LogP) is 2.90. The number of hydrogen-bond acceptors (Lipinski definition) is 4. The van der Waals surface area contributed by atoms with Crippen molar-refractivity contribution in [3.05, 3.63) is 22.2 Å². The molecule has 1 aliphatic rings. The molecule has 0 bridgehead atoms. The molecule has 5 nitrogen and oxygen atoms in total. The Bertz CT molecular complexity index is 647. The van der Waals surface area contributed by atoms with Crippen molar-refractivity contribution in [2.24, 2.45) is 7.05 Å². The molecule has 6 heteroatoms. The number of halogens is 1. The van der Waals surface area contributed by atoms with E-state index in [0.717, 1.165) is 39.2 Å². The van der Waals surface area contributed by atoms with Gasteiger partial charge in [0, 0.05) is 35.1 Å². The van der Waals surface area contributed by atoms with E-state index in [9.17, 15) is 0 Å². The zero-order valence-corrected chi connectivity index (χ0v) is 13.0. The second-order valence-corrected chi connectivity index (χ2v) is 5.67. The van der Waals surface area contributed by atoms with Crippen LogP contribution >= 0.6 is 15.9 Å². The number of nitrogens with zero attached hydrogens (tertiary/aromatic N) is 2. The number of nitrogen functional groups attached to an aromatic ring is 1. The molecule has 0 radical (unpaired) electrons. The molecule has 2 aromatic rings. The van der Waals surface area contributed by atoms with Crippen molar-refractivity contribution >= 4 is 21.7 Å². The fourth-order valence-corrected chi connectivity index (χ4v) is 3.06. The Balaban J connectivity index is 2.18.